The van der Waals surface area contributed by atoms with Gasteiger partial charge in [-0.15, -0.1) is 0 Å². The maximum Gasteiger partial charge on any atom is 0.217 e. The number of carbonyl (C=O) groups is 1. The molecule has 118 valence electrons. The van der Waals surface area contributed by atoms with E-state index in [0.29, 0.717) is 13.2 Å². The van der Waals surface area contributed by atoms with Crippen LogP contribution in [0.4, 0.5) is 0 Å². The fourth-order valence-corrected chi connectivity index (χ4v) is 2.48. The van der Waals surface area contributed by atoms with E-state index >= 15 is 0 Å². The Labute approximate surface area is 117 Å². The standard InChI is InChI=1S/C12H24N2O6/c1-8(16)14-12(6-10(17)9(12)7-15)11(18)20-5-4-19-3-2-13/h9-11,15,17-18H,2-7,13H2,1H3,(H,14,16). The minimum Gasteiger partial charge on any atom is -0.396 e. The van der Waals surface area contributed by atoms with Crippen molar-refractivity contribution in [3.8, 4) is 0 Å². The van der Waals surface area contributed by atoms with E-state index in [-0.39, 0.29) is 32.1 Å². The van der Waals surface area contributed by atoms with Gasteiger partial charge in [0.1, 0.15) is 5.54 Å². The van der Waals surface area contributed by atoms with Crippen molar-refractivity contribution in [1.82, 2.24) is 5.32 Å². The largest absolute Gasteiger partial charge is 0.396 e. The fraction of sp³-hybridized carbons (Fsp3) is 0.917. The van der Waals surface area contributed by atoms with E-state index in [2.05, 4.69) is 5.32 Å². The third-order valence-corrected chi connectivity index (χ3v) is 3.48. The van der Waals surface area contributed by atoms with Gasteiger partial charge in [-0.05, 0) is 0 Å². The molecule has 0 aromatic heterocycles. The van der Waals surface area contributed by atoms with Crippen LogP contribution < -0.4 is 11.1 Å². The molecule has 0 spiro atoms. The van der Waals surface area contributed by atoms with Crippen LogP contribution in [0.5, 0.6) is 0 Å². The van der Waals surface area contributed by atoms with Crippen LogP contribution in [0.2, 0.25) is 0 Å². The van der Waals surface area contributed by atoms with E-state index in [1.54, 1.807) is 0 Å². The van der Waals surface area contributed by atoms with Crippen LogP contribution in [0, 0.1) is 5.92 Å². The third-order valence-electron chi connectivity index (χ3n) is 3.48. The average Bonchev–Trinajstić information content (AvgIpc) is 2.36. The van der Waals surface area contributed by atoms with Crippen molar-refractivity contribution in [3.05, 3.63) is 0 Å². The van der Waals surface area contributed by atoms with Crippen LogP contribution >= 0.6 is 0 Å². The minimum absolute atomic E-state index is 0.122. The normalized spacial score (nSPS) is 30.6. The topological polar surface area (TPSA) is 134 Å². The molecule has 1 amide bonds. The predicted octanol–water partition coefficient (Wildman–Crippen LogP) is -2.46. The maximum atomic E-state index is 11.3. The van der Waals surface area contributed by atoms with Gasteiger partial charge in [-0.2, -0.15) is 0 Å². The van der Waals surface area contributed by atoms with Crippen LogP contribution in [0.15, 0.2) is 0 Å². The zero-order valence-corrected chi connectivity index (χ0v) is 11.6. The Morgan fingerprint density at radius 3 is 2.70 bits per heavy atom. The molecule has 1 saturated carbocycles. The Morgan fingerprint density at radius 1 is 1.50 bits per heavy atom. The zero-order chi connectivity index (χ0) is 15.2. The summed E-state index contributed by atoms with van der Waals surface area (Å²) in [6, 6.07) is 0. The van der Waals surface area contributed by atoms with E-state index in [1.807, 2.05) is 0 Å². The highest BCUT2D eigenvalue weighted by Gasteiger charge is 2.58. The van der Waals surface area contributed by atoms with Crippen LogP contribution in [-0.2, 0) is 14.3 Å². The summed E-state index contributed by atoms with van der Waals surface area (Å²) in [5.41, 5.74) is 4.10. The highest BCUT2D eigenvalue weighted by molar-refractivity contribution is 5.74. The SMILES string of the molecule is CC(=O)NC1(C(O)OCCOCCN)CC(O)C1CO. The number of amides is 1. The lowest BCUT2D eigenvalue weighted by Gasteiger charge is -2.54. The quantitative estimate of drug-likeness (QED) is 0.235. The van der Waals surface area contributed by atoms with E-state index in [4.69, 9.17) is 15.2 Å². The lowest BCUT2D eigenvalue weighted by atomic mass is 9.64. The lowest BCUT2D eigenvalue weighted by molar-refractivity contribution is -0.233. The molecule has 6 N–H and O–H groups in total. The van der Waals surface area contributed by atoms with Crippen molar-refractivity contribution in [3.63, 3.8) is 0 Å². The number of aliphatic hydroxyl groups is 3. The first-order valence-corrected chi connectivity index (χ1v) is 6.63. The first kappa shape index (κ1) is 17.3. The van der Waals surface area contributed by atoms with Gasteiger partial charge in [0.15, 0.2) is 6.29 Å². The van der Waals surface area contributed by atoms with Crippen molar-refractivity contribution in [2.24, 2.45) is 11.7 Å². The molecule has 0 aromatic rings. The lowest BCUT2D eigenvalue weighted by Crippen LogP contribution is -2.73. The van der Waals surface area contributed by atoms with E-state index in [9.17, 15) is 20.1 Å². The molecule has 1 aliphatic rings. The van der Waals surface area contributed by atoms with Gasteiger partial charge in [-0.3, -0.25) is 4.79 Å². The molecule has 4 atom stereocenters. The number of nitrogens with one attached hydrogen (secondary N) is 1. The summed E-state index contributed by atoms with van der Waals surface area (Å²) in [5, 5.41) is 31.6. The summed E-state index contributed by atoms with van der Waals surface area (Å²) in [7, 11) is 0. The highest BCUT2D eigenvalue weighted by Crippen LogP contribution is 2.41. The van der Waals surface area contributed by atoms with Crippen LogP contribution in [0.3, 0.4) is 0 Å². The molecule has 0 aromatic carbocycles. The fourth-order valence-electron chi connectivity index (χ4n) is 2.48. The Kier molecular flexibility index (Phi) is 6.80. The number of rotatable bonds is 9. The summed E-state index contributed by atoms with van der Waals surface area (Å²) < 4.78 is 10.3. The van der Waals surface area contributed by atoms with Crippen LogP contribution in [-0.4, -0.2) is 72.1 Å². The van der Waals surface area contributed by atoms with Crippen molar-refractivity contribution in [1.29, 1.82) is 0 Å². The summed E-state index contributed by atoms with van der Waals surface area (Å²) in [5.74, 6) is -1.02. The first-order chi connectivity index (χ1) is 9.47. The van der Waals surface area contributed by atoms with Crippen molar-refractivity contribution in [2.45, 2.75) is 31.3 Å². The molecule has 8 heteroatoms. The number of hydrogen-bond donors (Lipinski definition) is 5. The molecule has 0 radical (unpaired) electrons. The van der Waals surface area contributed by atoms with E-state index in [0.717, 1.165) is 0 Å². The molecular formula is C12H24N2O6. The summed E-state index contributed by atoms with van der Waals surface area (Å²) >= 11 is 0. The van der Waals surface area contributed by atoms with Gasteiger partial charge in [0.05, 0.1) is 32.5 Å². The molecule has 0 heterocycles. The van der Waals surface area contributed by atoms with Crippen molar-refractivity contribution in [2.75, 3.05) is 33.0 Å². The van der Waals surface area contributed by atoms with Gasteiger partial charge in [-0.1, -0.05) is 0 Å². The van der Waals surface area contributed by atoms with Gasteiger partial charge in [0, 0.05) is 25.8 Å². The highest BCUT2D eigenvalue weighted by atomic mass is 16.6. The predicted molar refractivity (Wildman–Crippen MR) is 69.6 cm³/mol. The van der Waals surface area contributed by atoms with Gasteiger partial charge < -0.3 is 35.8 Å². The second kappa shape index (κ2) is 7.87. The Bertz CT molecular complexity index is 316. The molecule has 0 saturated heterocycles. The Balaban J connectivity index is 2.53. The van der Waals surface area contributed by atoms with Gasteiger partial charge in [0.25, 0.3) is 0 Å². The van der Waals surface area contributed by atoms with Crippen LogP contribution in [0.25, 0.3) is 0 Å². The first-order valence-electron chi connectivity index (χ1n) is 6.63. The Hall–Kier alpha value is -0.770. The third kappa shape index (κ3) is 3.87. The van der Waals surface area contributed by atoms with Crippen LogP contribution in [0.1, 0.15) is 13.3 Å². The smallest absolute Gasteiger partial charge is 0.217 e. The molecule has 1 fully saturated rings. The Morgan fingerprint density at radius 2 is 2.20 bits per heavy atom. The summed E-state index contributed by atoms with van der Waals surface area (Å²) in [6.45, 7) is 2.13. The molecule has 0 aliphatic heterocycles. The number of hydrogen-bond acceptors (Lipinski definition) is 7. The molecule has 0 bridgehead atoms. The van der Waals surface area contributed by atoms with Crippen molar-refractivity contribution < 1.29 is 29.6 Å². The molecule has 20 heavy (non-hydrogen) atoms. The van der Waals surface area contributed by atoms with E-state index in [1.165, 1.54) is 6.92 Å². The monoisotopic (exact) mass is 292 g/mol. The molecule has 1 aliphatic carbocycles. The summed E-state index contributed by atoms with van der Waals surface area (Å²) in [4.78, 5) is 11.3. The van der Waals surface area contributed by atoms with Gasteiger partial charge in [-0.25, -0.2) is 0 Å². The number of ether oxygens (including phenoxy) is 2. The van der Waals surface area contributed by atoms with Crippen molar-refractivity contribution >= 4 is 5.91 Å². The molecular weight excluding hydrogens is 268 g/mol. The molecule has 8 nitrogen and oxygen atoms in total. The number of aliphatic hydroxyl groups excluding tert-OH is 3. The zero-order valence-electron chi connectivity index (χ0n) is 11.6. The summed E-state index contributed by atoms with van der Waals surface area (Å²) in [6.07, 6.45) is -1.98. The van der Waals surface area contributed by atoms with Gasteiger partial charge >= 0.3 is 0 Å². The molecule has 1 rings (SSSR count). The second-order valence-corrected chi connectivity index (χ2v) is 4.91. The van der Waals surface area contributed by atoms with E-state index < -0.39 is 23.9 Å². The number of carbonyl (C=O) groups excluding carboxylic acids is 1. The second-order valence-electron chi connectivity index (χ2n) is 4.91. The van der Waals surface area contributed by atoms with Gasteiger partial charge in [0.2, 0.25) is 5.91 Å². The maximum absolute atomic E-state index is 11.3. The molecule has 4 unspecified atom stereocenters. The minimum atomic E-state index is -1.33. The average molecular weight is 292 g/mol. The number of nitrogens with two attached hydrogens (primary N) is 1.